The van der Waals surface area contributed by atoms with Crippen molar-refractivity contribution in [3.8, 4) is 11.5 Å². The Morgan fingerprint density at radius 2 is 1.88 bits per heavy atom. The maximum atomic E-state index is 12.6. The number of benzene rings is 1. The molecule has 0 atom stereocenters. The number of fused-ring (bicyclic) bond motifs is 1. The molecule has 0 radical (unpaired) electrons. The van der Waals surface area contributed by atoms with E-state index in [4.69, 9.17) is 0 Å². The average molecular weight is 237 g/mol. The summed E-state index contributed by atoms with van der Waals surface area (Å²) in [4.78, 5) is 0. The summed E-state index contributed by atoms with van der Waals surface area (Å²) in [5.41, 5.74) is 0.264. The molecule has 2 rings (SSSR count). The van der Waals surface area contributed by atoms with Gasteiger partial charge in [-0.3, -0.25) is 0 Å². The van der Waals surface area contributed by atoms with Gasteiger partial charge in [-0.15, -0.1) is 8.78 Å². The summed E-state index contributed by atoms with van der Waals surface area (Å²) in [5.74, 6) is -0.295. The summed E-state index contributed by atoms with van der Waals surface area (Å²) < 4.78 is 57.3. The van der Waals surface area contributed by atoms with E-state index in [9.17, 15) is 17.6 Å². The van der Waals surface area contributed by atoms with Crippen molar-refractivity contribution in [2.24, 2.45) is 0 Å². The Kier molecular flexibility index (Phi) is 2.53. The van der Waals surface area contributed by atoms with Crippen LogP contribution in [0.3, 0.4) is 0 Å². The smallest absolute Gasteiger partial charge is 0.395 e. The number of rotatable bonds is 3. The molecule has 0 fully saturated rings. The first-order valence-corrected chi connectivity index (χ1v) is 4.38. The van der Waals surface area contributed by atoms with Gasteiger partial charge in [-0.25, -0.2) is 8.78 Å². The molecule has 1 heterocycles. The third-order valence-electron chi connectivity index (χ3n) is 1.86. The Balaban J connectivity index is 2.10. The van der Waals surface area contributed by atoms with Gasteiger partial charge in [0.1, 0.15) is 0 Å². The van der Waals surface area contributed by atoms with Crippen LogP contribution in [0.25, 0.3) is 0 Å². The highest BCUT2D eigenvalue weighted by molar-refractivity contribution is 5.55. The molecule has 0 bridgehead atoms. The van der Waals surface area contributed by atoms with E-state index in [1.54, 1.807) is 0 Å². The first-order chi connectivity index (χ1) is 7.46. The molecule has 0 unspecified atom stereocenters. The molecule has 7 heteroatoms. The van der Waals surface area contributed by atoms with Crippen LogP contribution < -0.4 is 14.8 Å². The second-order valence-electron chi connectivity index (χ2n) is 3.10. The lowest BCUT2D eigenvalue weighted by Gasteiger charge is -2.05. The molecule has 1 aliphatic rings. The Morgan fingerprint density at radius 3 is 2.56 bits per heavy atom. The molecule has 0 aliphatic carbocycles. The second-order valence-corrected chi connectivity index (χ2v) is 3.10. The van der Waals surface area contributed by atoms with Crippen LogP contribution in [-0.2, 0) is 0 Å². The minimum absolute atomic E-state index is 0.118. The number of alkyl halides is 4. The molecule has 16 heavy (non-hydrogen) atoms. The van der Waals surface area contributed by atoms with Crippen molar-refractivity contribution in [3.63, 3.8) is 0 Å². The zero-order chi connectivity index (χ0) is 11.8. The first-order valence-electron chi connectivity index (χ1n) is 4.38. The van der Waals surface area contributed by atoms with Crippen LogP contribution in [0.5, 0.6) is 11.5 Å². The lowest BCUT2D eigenvalue weighted by molar-refractivity contribution is -0.286. The van der Waals surface area contributed by atoms with E-state index in [2.05, 4.69) is 14.8 Å². The van der Waals surface area contributed by atoms with E-state index in [1.807, 2.05) is 0 Å². The van der Waals surface area contributed by atoms with Crippen molar-refractivity contribution in [1.82, 2.24) is 0 Å². The van der Waals surface area contributed by atoms with E-state index < -0.39 is 19.3 Å². The highest BCUT2D eigenvalue weighted by atomic mass is 19.3. The third-order valence-corrected chi connectivity index (χ3v) is 1.86. The first kappa shape index (κ1) is 10.8. The predicted octanol–water partition coefficient (Wildman–Crippen LogP) is 2.69. The predicted molar refractivity (Wildman–Crippen MR) is 47.1 cm³/mol. The molecule has 0 aromatic heterocycles. The molecule has 3 nitrogen and oxygen atoms in total. The van der Waals surface area contributed by atoms with Gasteiger partial charge in [0.2, 0.25) is 0 Å². The van der Waals surface area contributed by atoms with Crippen molar-refractivity contribution in [1.29, 1.82) is 0 Å². The number of nitrogens with one attached hydrogen (secondary N) is 1. The molecule has 88 valence electrons. The Morgan fingerprint density at radius 1 is 1.19 bits per heavy atom. The fourth-order valence-corrected chi connectivity index (χ4v) is 1.25. The van der Waals surface area contributed by atoms with Crippen molar-refractivity contribution in [3.05, 3.63) is 18.2 Å². The van der Waals surface area contributed by atoms with E-state index >= 15 is 0 Å². The summed E-state index contributed by atoms with van der Waals surface area (Å²) in [6, 6.07) is 3.76. The molecule has 1 N–H and O–H groups in total. The molecular formula is C9H7F4NO2. The van der Waals surface area contributed by atoms with Crippen LogP contribution >= 0.6 is 0 Å². The van der Waals surface area contributed by atoms with Crippen LogP contribution in [0.15, 0.2) is 18.2 Å². The minimum Gasteiger partial charge on any atom is -0.395 e. The summed E-state index contributed by atoms with van der Waals surface area (Å²) in [6.45, 7) is -0.559. The van der Waals surface area contributed by atoms with Crippen molar-refractivity contribution in [2.75, 3.05) is 11.9 Å². The fraction of sp³-hybridized carbons (Fsp3) is 0.333. The van der Waals surface area contributed by atoms with E-state index in [0.29, 0.717) is 0 Å². The summed E-state index contributed by atoms with van der Waals surface area (Å²) in [6.07, 6.45) is -6.21. The van der Waals surface area contributed by atoms with Gasteiger partial charge in [0.25, 0.3) is 6.43 Å². The van der Waals surface area contributed by atoms with Gasteiger partial charge < -0.3 is 14.8 Å². The molecule has 1 aliphatic heterocycles. The van der Waals surface area contributed by atoms with E-state index in [0.717, 1.165) is 0 Å². The monoisotopic (exact) mass is 237 g/mol. The van der Waals surface area contributed by atoms with Gasteiger partial charge in [0.05, 0.1) is 6.54 Å². The van der Waals surface area contributed by atoms with Gasteiger partial charge in [0.15, 0.2) is 11.5 Å². The van der Waals surface area contributed by atoms with Crippen LogP contribution in [0.2, 0.25) is 0 Å². The Bertz CT molecular complexity index is 397. The number of anilines is 1. The number of ether oxygens (including phenoxy) is 2. The molecule has 0 amide bonds. The van der Waals surface area contributed by atoms with Crippen molar-refractivity contribution >= 4 is 5.69 Å². The molecule has 1 aromatic rings. The summed E-state index contributed by atoms with van der Waals surface area (Å²) in [5, 5.41) is 2.37. The zero-order valence-corrected chi connectivity index (χ0v) is 7.84. The fourth-order valence-electron chi connectivity index (χ4n) is 1.25. The van der Waals surface area contributed by atoms with Crippen LogP contribution in [-0.4, -0.2) is 19.3 Å². The zero-order valence-electron chi connectivity index (χ0n) is 7.84. The maximum absolute atomic E-state index is 12.6. The summed E-state index contributed by atoms with van der Waals surface area (Å²) in [7, 11) is 0. The van der Waals surface area contributed by atoms with Gasteiger partial charge in [-0.05, 0) is 12.1 Å². The van der Waals surface area contributed by atoms with Crippen LogP contribution in [0, 0.1) is 0 Å². The van der Waals surface area contributed by atoms with Gasteiger partial charge >= 0.3 is 6.29 Å². The maximum Gasteiger partial charge on any atom is 0.586 e. The van der Waals surface area contributed by atoms with Crippen molar-refractivity contribution in [2.45, 2.75) is 12.7 Å². The van der Waals surface area contributed by atoms with E-state index in [-0.39, 0.29) is 17.2 Å². The number of hydrogen-bond acceptors (Lipinski definition) is 3. The van der Waals surface area contributed by atoms with Gasteiger partial charge in [-0.2, -0.15) is 0 Å². The lowest BCUT2D eigenvalue weighted by Crippen LogP contribution is -2.25. The Hall–Kier alpha value is -1.66. The van der Waals surface area contributed by atoms with Gasteiger partial charge in [0, 0.05) is 11.8 Å². The largest absolute Gasteiger partial charge is 0.586 e. The molecule has 1 aromatic carbocycles. The van der Waals surface area contributed by atoms with E-state index in [1.165, 1.54) is 18.2 Å². The highest BCUT2D eigenvalue weighted by Gasteiger charge is 2.43. The topological polar surface area (TPSA) is 30.5 Å². The Labute approximate surface area is 88.0 Å². The minimum atomic E-state index is -3.69. The third kappa shape index (κ3) is 2.29. The van der Waals surface area contributed by atoms with Crippen LogP contribution in [0.1, 0.15) is 0 Å². The van der Waals surface area contributed by atoms with Gasteiger partial charge in [-0.1, -0.05) is 0 Å². The molecule has 0 spiro atoms. The average Bonchev–Trinajstić information content (AvgIpc) is 2.47. The molecule has 0 saturated carbocycles. The molecular weight excluding hydrogens is 230 g/mol. The number of hydrogen-bond donors (Lipinski definition) is 1. The standard InChI is InChI=1S/C9H7F4NO2/c10-8(11)4-14-5-1-2-6-7(3-5)16-9(12,13)15-6/h1-3,8,14H,4H2. The normalized spacial score (nSPS) is 16.6. The van der Waals surface area contributed by atoms with Crippen molar-refractivity contribution < 1.29 is 27.0 Å². The molecule has 0 saturated heterocycles. The number of halogens is 4. The SMILES string of the molecule is FC(F)CNc1ccc2c(c1)OC(F)(F)O2. The summed E-state index contributed by atoms with van der Waals surface area (Å²) >= 11 is 0. The quantitative estimate of drug-likeness (QED) is 0.820. The highest BCUT2D eigenvalue weighted by Crippen LogP contribution is 2.42. The second kappa shape index (κ2) is 3.73. The van der Waals surface area contributed by atoms with Crippen LogP contribution in [0.4, 0.5) is 23.2 Å². The lowest BCUT2D eigenvalue weighted by atomic mass is 10.3.